The van der Waals surface area contributed by atoms with Gasteiger partial charge in [0, 0.05) is 5.56 Å². The first-order valence-electron chi connectivity index (χ1n) is 5.81. The molecule has 0 radical (unpaired) electrons. The molecule has 1 aromatic carbocycles. The molecule has 0 saturated heterocycles. The number of para-hydroxylation sites is 1. The maximum atomic E-state index is 6.03. The van der Waals surface area contributed by atoms with Gasteiger partial charge in [0.05, 0.1) is 11.6 Å². The Bertz CT molecular complexity index is 522. The molecule has 0 atom stereocenters. The van der Waals surface area contributed by atoms with Crippen LogP contribution in [-0.4, -0.2) is 7.05 Å². The first-order valence-corrected chi connectivity index (χ1v) is 6.18. The van der Waals surface area contributed by atoms with E-state index in [2.05, 4.69) is 5.32 Å². The van der Waals surface area contributed by atoms with Crippen molar-refractivity contribution in [1.82, 2.24) is 5.32 Å². The van der Waals surface area contributed by atoms with Crippen LogP contribution in [0.25, 0.3) is 0 Å². The summed E-state index contributed by atoms with van der Waals surface area (Å²) in [5.74, 6) is 2.48. The highest BCUT2D eigenvalue weighted by Gasteiger charge is 2.08. The summed E-state index contributed by atoms with van der Waals surface area (Å²) in [5, 5.41) is 3.67. The van der Waals surface area contributed by atoms with Crippen molar-refractivity contribution < 1.29 is 9.15 Å². The highest BCUT2D eigenvalue weighted by molar-refractivity contribution is 6.32. The lowest BCUT2D eigenvalue weighted by Crippen LogP contribution is -2.03. The van der Waals surface area contributed by atoms with Crippen LogP contribution in [-0.2, 0) is 13.2 Å². The number of nitrogens with one attached hydrogen (secondary N) is 1. The first-order chi connectivity index (χ1) is 8.70. The minimum atomic E-state index is 0.461. The molecule has 18 heavy (non-hydrogen) atoms. The zero-order valence-electron chi connectivity index (χ0n) is 10.5. The van der Waals surface area contributed by atoms with Crippen LogP contribution in [0.3, 0.4) is 0 Å². The fourth-order valence-electron chi connectivity index (χ4n) is 1.71. The van der Waals surface area contributed by atoms with Crippen LogP contribution in [0.5, 0.6) is 5.75 Å². The lowest BCUT2D eigenvalue weighted by Gasteiger charge is -2.06. The molecule has 4 heteroatoms. The van der Waals surface area contributed by atoms with Crippen molar-refractivity contribution in [3.8, 4) is 5.75 Å². The molecule has 1 aromatic heterocycles. The van der Waals surface area contributed by atoms with Gasteiger partial charge in [0.25, 0.3) is 0 Å². The second-order valence-corrected chi connectivity index (χ2v) is 4.45. The van der Waals surface area contributed by atoms with Gasteiger partial charge in [-0.3, -0.25) is 0 Å². The Labute approximate surface area is 112 Å². The van der Waals surface area contributed by atoms with E-state index in [9.17, 15) is 0 Å². The van der Waals surface area contributed by atoms with E-state index < -0.39 is 0 Å². The van der Waals surface area contributed by atoms with E-state index in [1.54, 1.807) is 0 Å². The third-order valence-electron chi connectivity index (χ3n) is 2.64. The van der Waals surface area contributed by atoms with E-state index in [1.807, 2.05) is 44.3 Å². The monoisotopic (exact) mass is 265 g/mol. The van der Waals surface area contributed by atoms with Gasteiger partial charge >= 0.3 is 0 Å². The Balaban J connectivity index is 2.04. The molecule has 0 aliphatic heterocycles. The summed E-state index contributed by atoms with van der Waals surface area (Å²) < 4.78 is 11.3. The van der Waals surface area contributed by atoms with Gasteiger partial charge in [0.15, 0.2) is 0 Å². The maximum Gasteiger partial charge on any atom is 0.138 e. The second kappa shape index (κ2) is 5.94. The SMILES string of the molecule is CNCc1cc(COc2ccccc2Cl)c(C)o1. The number of hydrogen-bond donors (Lipinski definition) is 1. The predicted molar refractivity (Wildman–Crippen MR) is 72.0 cm³/mol. The largest absolute Gasteiger partial charge is 0.487 e. The number of ether oxygens (including phenoxy) is 1. The molecular formula is C14H16ClNO2. The summed E-state index contributed by atoms with van der Waals surface area (Å²) in [4.78, 5) is 0. The zero-order chi connectivity index (χ0) is 13.0. The Morgan fingerprint density at radius 1 is 1.33 bits per heavy atom. The molecular weight excluding hydrogens is 250 g/mol. The highest BCUT2D eigenvalue weighted by atomic mass is 35.5. The van der Waals surface area contributed by atoms with Crippen LogP contribution in [0.4, 0.5) is 0 Å². The van der Waals surface area contributed by atoms with Crippen LogP contribution < -0.4 is 10.1 Å². The minimum absolute atomic E-state index is 0.461. The number of halogens is 1. The Morgan fingerprint density at radius 3 is 2.83 bits per heavy atom. The van der Waals surface area contributed by atoms with Gasteiger partial charge in [-0.15, -0.1) is 0 Å². The average Bonchev–Trinajstić information content (AvgIpc) is 2.69. The number of aryl methyl sites for hydroxylation is 1. The molecule has 0 fully saturated rings. The summed E-state index contributed by atoms with van der Waals surface area (Å²) in [5.41, 5.74) is 1.04. The predicted octanol–water partition coefficient (Wildman–Crippen LogP) is 3.54. The Kier molecular flexibility index (Phi) is 4.28. The standard InChI is InChI=1S/C14H16ClNO2/c1-10-11(7-12(18-10)8-16-2)9-17-14-6-4-3-5-13(14)15/h3-7,16H,8-9H2,1-2H3. The van der Waals surface area contributed by atoms with Gasteiger partial charge in [-0.1, -0.05) is 23.7 Å². The summed E-state index contributed by atoms with van der Waals surface area (Å²) in [6.07, 6.45) is 0. The van der Waals surface area contributed by atoms with E-state index in [0.29, 0.717) is 23.9 Å². The van der Waals surface area contributed by atoms with Gasteiger partial charge in [0.2, 0.25) is 0 Å². The van der Waals surface area contributed by atoms with Crippen molar-refractivity contribution >= 4 is 11.6 Å². The van der Waals surface area contributed by atoms with Gasteiger partial charge < -0.3 is 14.5 Å². The molecule has 0 amide bonds. The summed E-state index contributed by atoms with van der Waals surface area (Å²) >= 11 is 6.03. The fourth-order valence-corrected chi connectivity index (χ4v) is 1.90. The van der Waals surface area contributed by atoms with E-state index in [4.69, 9.17) is 20.8 Å². The molecule has 0 spiro atoms. The minimum Gasteiger partial charge on any atom is -0.487 e. The van der Waals surface area contributed by atoms with Crippen LogP contribution in [0.15, 0.2) is 34.7 Å². The van der Waals surface area contributed by atoms with Crippen LogP contribution in [0, 0.1) is 6.92 Å². The number of benzene rings is 1. The summed E-state index contributed by atoms with van der Waals surface area (Å²) in [6, 6.07) is 9.44. The Hall–Kier alpha value is -1.45. The molecule has 2 aromatic rings. The molecule has 0 saturated carbocycles. The van der Waals surface area contributed by atoms with Crippen LogP contribution in [0.2, 0.25) is 5.02 Å². The maximum absolute atomic E-state index is 6.03. The Morgan fingerprint density at radius 2 is 2.11 bits per heavy atom. The van der Waals surface area contributed by atoms with Crippen molar-refractivity contribution in [3.63, 3.8) is 0 Å². The molecule has 0 aliphatic rings. The number of furan rings is 1. The smallest absolute Gasteiger partial charge is 0.138 e. The average molecular weight is 266 g/mol. The van der Waals surface area contributed by atoms with E-state index in [-0.39, 0.29) is 0 Å². The van der Waals surface area contributed by atoms with Crippen LogP contribution in [0.1, 0.15) is 17.1 Å². The summed E-state index contributed by atoms with van der Waals surface area (Å²) in [7, 11) is 1.89. The highest BCUT2D eigenvalue weighted by Crippen LogP contribution is 2.25. The molecule has 1 N–H and O–H groups in total. The molecule has 0 aliphatic carbocycles. The third-order valence-corrected chi connectivity index (χ3v) is 2.95. The van der Waals surface area contributed by atoms with Gasteiger partial charge in [-0.05, 0) is 32.2 Å². The van der Waals surface area contributed by atoms with Crippen molar-refractivity contribution in [2.75, 3.05) is 7.05 Å². The fraction of sp³-hybridized carbons (Fsp3) is 0.286. The van der Waals surface area contributed by atoms with E-state index in [1.165, 1.54) is 0 Å². The van der Waals surface area contributed by atoms with Crippen LogP contribution >= 0.6 is 11.6 Å². The first kappa shape index (κ1) is 13.0. The lowest BCUT2D eigenvalue weighted by molar-refractivity contribution is 0.303. The van der Waals surface area contributed by atoms with E-state index >= 15 is 0 Å². The molecule has 1 heterocycles. The molecule has 3 nitrogen and oxygen atoms in total. The molecule has 2 rings (SSSR count). The van der Waals surface area contributed by atoms with Crippen molar-refractivity contribution in [1.29, 1.82) is 0 Å². The topological polar surface area (TPSA) is 34.4 Å². The normalized spacial score (nSPS) is 10.6. The number of hydrogen-bond acceptors (Lipinski definition) is 3. The van der Waals surface area contributed by atoms with Crippen molar-refractivity contribution in [2.24, 2.45) is 0 Å². The lowest BCUT2D eigenvalue weighted by atomic mass is 10.2. The van der Waals surface area contributed by atoms with Gasteiger partial charge in [-0.2, -0.15) is 0 Å². The second-order valence-electron chi connectivity index (χ2n) is 4.04. The van der Waals surface area contributed by atoms with Gasteiger partial charge in [0.1, 0.15) is 23.9 Å². The molecule has 96 valence electrons. The molecule has 0 unspecified atom stereocenters. The van der Waals surface area contributed by atoms with E-state index in [0.717, 1.165) is 17.1 Å². The third kappa shape index (κ3) is 3.06. The number of rotatable bonds is 5. The molecule has 0 bridgehead atoms. The quantitative estimate of drug-likeness (QED) is 0.898. The van der Waals surface area contributed by atoms with Gasteiger partial charge in [-0.25, -0.2) is 0 Å². The summed E-state index contributed by atoms with van der Waals surface area (Å²) in [6.45, 7) is 3.11. The van der Waals surface area contributed by atoms with Crippen molar-refractivity contribution in [2.45, 2.75) is 20.1 Å². The zero-order valence-corrected chi connectivity index (χ0v) is 11.3. The van der Waals surface area contributed by atoms with Crippen molar-refractivity contribution in [3.05, 3.63) is 52.4 Å².